The molecule has 1 aromatic rings. The summed E-state index contributed by atoms with van der Waals surface area (Å²) in [5, 5.41) is 0. The van der Waals surface area contributed by atoms with Crippen molar-refractivity contribution in [3.05, 3.63) is 35.4 Å². The second kappa shape index (κ2) is 8.11. The molecule has 2 nitrogen and oxygen atoms in total. The molecule has 1 unspecified atom stereocenters. The first-order valence-corrected chi connectivity index (χ1v) is 7.30. The summed E-state index contributed by atoms with van der Waals surface area (Å²) in [4.78, 5) is 12.1. The Bertz CT molecular complexity index is 398. The van der Waals surface area contributed by atoms with E-state index >= 15 is 0 Å². The van der Waals surface area contributed by atoms with E-state index < -0.39 is 0 Å². The van der Waals surface area contributed by atoms with Gasteiger partial charge in [0.1, 0.15) is 5.78 Å². The molecule has 2 heteroatoms. The first-order valence-electron chi connectivity index (χ1n) is 7.30. The Morgan fingerprint density at radius 2 is 1.89 bits per heavy atom. The minimum absolute atomic E-state index is 0.344. The van der Waals surface area contributed by atoms with Crippen LogP contribution >= 0.6 is 0 Å². The van der Waals surface area contributed by atoms with Crippen molar-refractivity contribution in [1.82, 2.24) is 0 Å². The molecule has 106 valence electrons. The average molecular weight is 261 g/mol. The van der Waals surface area contributed by atoms with Gasteiger partial charge in [-0.3, -0.25) is 4.79 Å². The fourth-order valence-corrected chi connectivity index (χ4v) is 2.48. The fraction of sp³-hybridized carbons (Fsp3) is 0.588. The van der Waals surface area contributed by atoms with Crippen LogP contribution in [0.15, 0.2) is 24.3 Å². The summed E-state index contributed by atoms with van der Waals surface area (Å²) in [5.74, 6) is 1.53. The Hall–Kier alpha value is -1.15. The molecule has 1 rings (SSSR count). The molecule has 0 bridgehead atoms. The zero-order valence-corrected chi connectivity index (χ0v) is 12.5. The number of Topliss-reactive ketones (excluding diaryl/α,β-unsaturated/α-hetero) is 1. The summed E-state index contributed by atoms with van der Waals surface area (Å²) in [7, 11) is 0. The van der Waals surface area contributed by atoms with Crippen molar-refractivity contribution < 1.29 is 4.79 Å². The topological polar surface area (TPSA) is 43.1 Å². The third kappa shape index (κ3) is 5.56. The molecular formula is C17H27NO. The van der Waals surface area contributed by atoms with E-state index in [0.29, 0.717) is 30.5 Å². The molecule has 0 radical (unpaired) electrons. The Kier molecular flexibility index (Phi) is 6.79. The van der Waals surface area contributed by atoms with Gasteiger partial charge in [0.05, 0.1) is 0 Å². The van der Waals surface area contributed by atoms with Gasteiger partial charge in [-0.15, -0.1) is 0 Å². The summed E-state index contributed by atoms with van der Waals surface area (Å²) in [6.07, 6.45) is 3.24. The van der Waals surface area contributed by atoms with Crippen LogP contribution in [-0.4, -0.2) is 12.3 Å². The minimum Gasteiger partial charge on any atom is -0.330 e. The molecule has 2 N–H and O–H groups in total. The molecule has 0 saturated heterocycles. The van der Waals surface area contributed by atoms with E-state index in [1.54, 1.807) is 0 Å². The predicted molar refractivity (Wildman–Crippen MR) is 81.1 cm³/mol. The second-order valence-electron chi connectivity index (χ2n) is 5.76. The van der Waals surface area contributed by atoms with Gasteiger partial charge in [0.25, 0.3) is 0 Å². The maximum absolute atomic E-state index is 12.1. The monoisotopic (exact) mass is 261 g/mol. The highest BCUT2D eigenvalue weighted by Crippen LogP contribution is 2.21. The van der Waals surface area contributed by atoms with Gasteiger partial charge in [-0.2, -0.15) is 0 Å². The normalized spacial score (nSPS) is 12.7. The smallest absolute Gasteiger partial charge is 0.137 e. The minimum atomic E-state index is 0.344. The number of ketones is 1. The van der Waals surface area contributed by atoms with Gasteiger partial charge >= 0.3 is 0 Å². The van der Waals surface area contributed by atoms with E-state index in [0.717, 1.165) is 24.9 Å². The quantitative estimate of drug-likeness (QED) is 0.778. The first kappa shape index (κ1) is 15.9. The number of hydrogen-bond donors (Lipinski definition) is 1. The van der Waals surface area contributed by atoms with Gasteiger partial charge in [-0.25, -0.2) is 0 Å². The predicted octanol–water partition coefficient (Wildman–Crippen LogP) is 3.51. The van der Waals surface area contributed by atoms with Crippen LogP contribution in [0.2, 0.25) is 0 Å². The highest BCUT2D eigenvalue weighted by molar-refractivity contribution is 5.81. The lowest BCUT2D eigenvalue weighted by Crippen LogP contribution is -2.16. The zero-order valence-electron chi connectivity index (χ0n) is 12.5. The standard InChI is InChI=1S/C17H27NO/c1-13(2)15(10-11-18)8-9-17(19)12-16-7-5-4-6-14(16)3/h4-7,13,15H,8-12,18H2,1-3H3. The van der Waals surface area contributed by atoms with Crippen molar-refractivity contribution in [3.63, 3.8) is 0 Å². The van der Waals surface area contributed by atoms with Crippen molar-refractivity contribution >= 4 is 5.78 Å². The highest BCUT2D eigenvalue weighted by atomic mass is 16.1. The van der Waals surface area contributed by atoms with Crippen LogP contribution in [0.1, 0.15) is 44.2 Å². The molecule has 0 saturated carbocycles. The molecule has 0 heterocycles. The van der Waals surface area contributed by atoms with Gasteiger partial charge < -0.3 is 5.73 Å². The average Bonchev–Trinajstić information content (AvgIpc) is 2.37. The lowest BCUT2D eigenvalue weighted by molar-refractivity contribution is -0.118. The number of rotatable bonds is 8. The molecular weight excluding hydrogens is 234 g/mol. The number of hydrogen-bond acceptors (Lipinski definition) is 2. The Morgan fingerprint density at radius 1 is 1.21 bits per heavy atom. The van der Waals surface area contributed by atoms with Crippen LogP contribution < -0.4 is 5.73 Å². The van der Waals surface area contributed by atoms with E-state index in [1.807, 2.05) is 18.2 Å². The molecule has 0 aliphatic carbocycles. The Morgan fingerprint density at radius 3 is 2.47 bits per heavy atom. The third-order valence-corrected chi connectivity index (χ3v) is 3.92. The summed E-state index contributed by atoms with van der Waals surface area (Å²) in [5.41, 5.74) is 8.00. The highest BCUT2D eigenvalue weighted by Gasteiger charge is 2.14. The van der Waals surface area contributed by atoms with Crippen LogP contribution in [0.3, 0.4) is 0 Å². The van der Waals surface area contributed by atoms with Crippen molar-refractivity contribution in [2.45, 2.75) is 46.5 Å². The maximum atomic E-state index is 12.1. The summed E-state index contributed by atoms with van der Waals surface area (Å²) >= 11 is 0. The summed E-state index contributed by atoms with van der Waals surface area (Å²) in [6, 6.07) is 8.13. The molecule has 19 heavy (non-hydrogen) atoms. The summed E-state index contributed by atoms with van der Waals surface area (Å²) in [6.45, 7) is 7.21. The first-order chi connectivity index (χ1) is 9.04. The molecule has 0 spiro atoms. The Labute approximate surface area is 117 Å². The number of benzene rings is 1. The molecule has 0 aliphatic rings. The van der Waals surface area contributed by atoms with Crippen molar-refractivity contribution in [1.29, 1.82) is 0 Å². The SMILES string of the molecule is Cc1ccccc1CC(=O)CCC(CCN)C(C)C. The number of carbonyl (C=O) groups excluding carboxylic acids is 1. The number of carbonyl (C=O) groups is 1. The fourth-order valence-electron chi connectivity index (χ4n) is 2.48. The molecule has 1 atom stereocenters. The van der Waals surface area contributed by atoms with E-state index in [4.69, 9.17) is 5.73 Å². The van der Waals surface area contributed by atoms with Gasteiger partial charge in [-0.05, 0) is 49.3 Å². The Balaban J connectivity index is 2.45. The third-order valence-electron chi connectivity index (χ3n) is 3.92. The zero-order chi connectivity index (χ0) is 14.3. The van der Waals surface area contributed by atoms with E-state index in [9.17, 15) is 4.79 Å². The molecule has 0 aliphatic heterocycles. The second-order valence-corrected chi connectivity index (χ2v) is 5.76. The molecule has 0 amide bonds. The number of aryl methyl sites for hydroxylation is 1. The van der Waals surface area contributed by atoms with Gasteiger partial charge in [0.2, 0.25) is 0 Å². The van der Waals surface area contributed by atoms with Crippen molar-refractivity contribution in [3.8, 4) is 0 Å². The molecule has 1 aromatic carbocycles. The number of nitrogens with two attached hydrogens (primary N) is 1. The summed E-state index contributed by atoms with van der Waals surface area (Å²) < 4.78 is 0. The largest absolute Gasteiger partial charge is 0.330 e. The van der Waals surface area contributed by atoms with Crippen LogP contribution in [0.5, 0.6) is 0 Å². The lowest BCUT2D eigenvalue weighted by Gasteiger charge is -2.19. The molecule has 0 fully saturated rings. The van der Waals surface area contributed by atoms with E-state index in [-0.39, 0.29) is 0 Å². The molecule has 0 aromatic heterocycles. The lowest BCUT2D eigenvalue weighted by atomic mass is 9.87. The van der Waals surface area contributed by atoms with E-state index in [2.05, 4.69) is 26.8 Å². The van der Waals surface area contributed by atoms with Gasteiger partial charge in [-0.1, -0.05) is 38.1 Å². The van der Waals surface area contributed by atoms with Crippen LogP contribution in [0, 0.1) is 18.8 Å². The van der Waals surface area contributed by atoms with Gasteiger partial charge in [0, 0.05) is 12.8 Å². The van der Waals surface area contributed by atoms with Gasteiger partial charge in [0.15, 0.2) is 0 Å². The van der Waals surface area contributed by atoms with Crippen molar-refractivity contribution in [2.24, 2.45) is 17.6 Å². The van der Waals surface area contributed by atoms with Crippen LogP contribution in [0.4, 0.5) is 0 Å². The van der Waals surface area contributed by atoms with Crippen LogP contribution in [0.25, 0.3) is 0 Å². The van der Waals surface area contributed by atoms with Crippen LogP contribution in [-0.2, 0) is 11.2 Å². The maximum Gasteiger partial charge on any atom is 0.137 e. The van der Waals surface area contributed by atoms with E-state index in [1.165, 1.54) is 5.56 Å². The van der Waals surface area contributed by atoms with Crippen molar-refractivity contribution in [2.75, 3.05) is 6.54 Å².